The summed E-state index contributed by atoms with van der Waals surface area (Å²) in [5.74, 6) is 0.339. The molecule has 0 bridgehead atoms. The van der Waals surface area contributed by atoms with Crippen LogP contribution in [-0.4, -0.2) is 30.8 Å². The standard InChI is InChI=1S/C24H26N2O3S2/c1-4-22(27)26-21-16-17(2)15-18(3)23(21)20-11-8-12-25-24(20)30-13-14-31(28,29)19-9-6-5-7-10-19/h5-12,15-16H,4,13-14H2,1-3H3,(H,26,27). The van der Waals surface area contributed by atoms with E-state index in [2.05, 4.69) is 16.4 Å². The molecule has 162 valence electrons. The van der Waals surface area contributed by atoms with Crippen molar-refractivity contribution in [2.75, 3.05) is 16.8 Å². The highest BCUT2D eigenvalue weighted by Crippen LogP contribution is 2.37. The van der Waals surface area contributed by atoms with Crippen LogP contribution in [0.4, 0.5) is 5.69 Å². The highest BCUT2D eigenvalue weighted by Gasteiger charge is 2.18. The SMILES string of the molecule is CCC(=O)Nc1cc(C)cc(C)c1-c1cccnc1SCCS(=O)(=O)c1ccccc1. The van der Waals surface area contributed by atoms with Crippen LogP contribution in [0, 0.1) is 13.8 Å². The number of carbonyl (C=O) groups is 1. The normalized spacial score (nSPS) is 11.3. The van der Waals surface area contributed by atoms with E-state index in [9.17, 15) is 13.2 Å². The van der Waals surface area contributed by atoms with E-state index in [-0.39, 0.29) is 11.7 Å². The highest BCUT2D eigenvalue weighted by molar-refractivity contribution is 8.00. The molecule has 0 fully saturated rings. The van der Waals surface area contributed by atoms with Crippen LogP contribution in [0.25, 0.3) is 11.1 Å². The van der Waals surface area contributed by atoms with Gasteiger partial charge in [0.15, 0.2) is 9.84 Å². The van der Waals surface area contributed by atoms with Gasteiger partial charge in [0.25, 0.3) is 0 Å². The summed E-state index contributed by atoms with van der Waals surface area (Å²) in [5.41, 5.74) is 4.62. The third-order valence-electron chi connectivity index (χ3n) is 4.81. The average molecular weight is 455 g/mol. The maximum atomic E-state index is 12.6. The van der Waals surface area contributed by atoms with Crippen LogP contribution in [0.5, 0.6) is 0 Å². The Labute approximate surface area is 188 Å². The molecule has 1 N–H and O–H groups in total. The van der Waals surface area contributed by atoms with Gasteiger partial charge in [-0.15, -0.1) is 11.8 Å². The summed E-state index contributed by atoms with van der Waals surface area (Å²) in [4.78, 5) is 16.9. The average Bonchev–Trinajstić information content (AvgIpc) is 2.74. The number of hydrogen-bond acceptors (Lipinski definition) is 5. The number of aromatic nitrogens is 1. The molecule has 0 aliphatic rings. The zero-order valence-corrected chi connectivity index (χ0v) is 19.5. The first kappa shape index (κ1) is 23.0. The van der Waals surface area contributed by atoms with Crippen LogP contribution >= 0.6 is 11.8 Å². The van der Waals surface area contributed by atoms with E-state index in [1.165, 1.54) is 11.8 Å². The second kappa shape index (κ2) is 10.1. The van der Waals surface area contributed by atoms with E-state index in [1.54, 1.807) is 36.5 Å². The molecule has 5 nitrogen and oxygen atoms in total. The Hall–Kier alpha value is -2.64. The molecule has 0 spiro atoms. The number of anilines is 1. The molecule has 3 aromatic rings. The molecule has 0 radical (unpaired) electrons. The van der Waals surface area contributed by atoms with Crippen LogP contribution < -0.4 is 5.32 Å². The lowest BCUT2D eigenvalue weighted by Crippen LogP contribution is -2.11. The summed E-state index contributed by atoms with van der Waals surface area (Å²) >= 11 is 1.41. The first-order valence-electron chi connectivity index (χ1n) is 10.1. The Kier molecular flexibility index (Phi) is 7.51. The van der Waals surface area contributed by atoms with E-state index < -0.39 is 9.84 Å². The number of benzene rings is 2. The van der Waals surface area contributed by atoms with Crippen molar-refractivity contribution in [1.82, 2.24) is 4.98 Å². The fourth-order valence-electron chi connectivity index (χ4n) is 3.35. The molecule has 0 saturated heterocycles. The van der Waals surface area contributed by atoms with Crippen molar-refractivity contribution in [3.05, 3.63) is 71.9 Å². The number of thioether (sulfide) groups is 1. The molecule has 7 heteroatoms. The van der Waals surface area contributed by atoms with Gasteiger partial charge in [-0.1, -0.05) is 37.3 Å². The van der Waals surface area contributed by atoms with Gasteiger partial charge in [0.1, 0.15) is 5.03 Å². The van der Waals surface area contributed by atoms with E-state index in [0.717, 1.165) is 33.0 Å². The van der Waals surface area contributed by atoms with Gasteiger partial charge in [-0.2, -0.15) is 0 Å². The smallest absolute Gasteiger partial charge is 0.224 e. The largest absolute Gasteiger partial charge is 0.326 e. The molecule has 0 unspecified atom stereocenters. The number of aryl methyl sites for hydroxylation is 2. The molecule has 3 rings (SSSR count). The first-order chi connectivity index (χ1) is 14.8. The van der Waals surface area contributed by atoms with Crippen LogP contribution in [0.15, 0.2) is 70.7 Å². The van der Waals surface area contributed by atoms with E-state index in [4.69, 9.17) is 0 Å². The van der Waals surface area contributed by atoms with Gasteiger partial charge in [0, 0.05) is 35.2 Å². The lowest BCUT2D eigenvalue weighted by Gasteiger charge is -2.17. The Bertz CT molecular complexity index is 1180. The second-order valence-corrected chi connectivity index (χ2v) is 10.4. The maximum absolute atomic E-state index is 12.6. The zero-order chi connectivity index (χ0) is 22.4. The molecule has 0 saturated carbocycles. The third kappa shape index (κ3) is 5.74. The quantitative estimate of drug-likeness (QED) is 0.469. The van der Waals surface area contributed by atoms with Crippen molar-refractivity contribution in [3.63, 3.8) is 0 Å². The summed E-state index contributed by atoms with van der Waals surface area (Å²) in [7, 11) is -3.35. The van der Waals surface area contributed by atoms with Crippen molar-refractivity contribution < 1.29 is 13.2 Å². The van der Waals surface area contributed by atoms with Crippen molar-refractivity contribution in [2.24, 2.45) is 0 Å². The van der Waals surface area contributed by atoms with Gasteiger partial charge in [0.2, 0.25) is 5.91 Å². The minimum absolute atomic E-state index is 0.0179. The number of nitrogens with zero attached hydrogens (tertiary/aromatic N) is 1. The Morgan fingerprint density at radius 3 is 2.52 bits per heavy atom. The van der Waals surface area contributed by atoms with Gasteiger partial charge in [-0.25, -0.2) is 13.4 Å². The molecule has 1 aromatic heterocycles. The van der Waals surface area contributed by atoms with E-state index >= 15 is 0 Å². The van der Waals surface area contributed by atoms with Crippen molar-refractivity contribution >= 4 is 33.2 Å². The van der Waals surface area contributed by atoms with Gasteiger partial charge in [-0.05, 0) is 49.2 Å². The van der Waals surface area contributed by atoms with Crippen LogP contribution in [0.2, 0.25) is 0 Å². The Morgan fingerprint density at radius 2 is 1.81 bits per heavy atom. The molecule has 0 aliphatic carbocycles. The lowest BCUT2D eigenvalue weighted by molar-refractivity contribution is -0.115. The van der Waals surface area contributed by atoms with Crippen molar-refractivity contribution in [1.29, 1.82) is 0 Å². The summed E-state index contributed by atoms with van der Waals surface area (Å²) in [6.45, 7) is 5.81. The number of carbonyl (C=O) groups excluding carboxylic acids is 1. The zero-order valence-electron chi connectivity index (χ0n) is 17.9. The van der Waals surface area contributed by atoms with E-state index in [1.807, 2.05) is 39.0 Å². The number of pyridine rings is 1. The van der Waals surface area contributed by atoms with Crippen LogP contribution in [0.3, 0.4) is 0 Å². The minimum Gasteiger partial charge on any atom is -0.326 e. The van der Waals surface area contributed by atoms with Crippen LogP contribution in [0.1, 0.15) is 24.5 Å². The third-order valence-corrected chi connectivity index (χ3v) is 7.81. The topological polar surface area (TPSA) is 76.1 Å². The Balaban J connectivity index is 1.89. The van der Waals surface area contributed by atoms with E-state index in [0.29, 0.717) is 17.1 Å². The fraction of sp³-hybridized carbons (Fsp3) is 0.250. The highest BCUT2D eigenvalue weighted by atomic mass is 32.2. The summed E-state index contributed by atoms with van der Waals surface area (Å²) < 4.78 is 25.2. The lowest BCUT2D eigenvalue weighted by atomic mass is 9.97. The van der Waals surface area contributed by atoms with Gasteiger partial charge >= 0.3 is 0 Å². The molecule has 31 heavy (non-hydrogen) atoms. The van der Waals surface area contributed by atoms with Crippen LogP contribution in [-0.2, 0) is 14.6 Å². The minimum atomic E-state index is -3.35. The number of amides is 1. The van der Waals surface area contributed by atoms with Crippen molar-refractivity contribution in [3.8, 4) is 11.1 Å². The summed E-state index contributed by atoms with van der Waals surface area (Å²) in [6, 6.07) is 16.3. The molecule has 1 amide bonds. The Morgan fingerprint density at radius 1 is 1.06 bits per heavy atom. The molecular formula is C24H26N2O3S2. The van der Waals surface area contributed by atoms with Gasteiger partial charge in [-0.3, -0.25) is 4.79 Å². The molecule has 0 atom stereocenters. The maximum Gasteiger partial charge on any atom is 0.224 e. The molecular weight excluding hydrogens is 428 g/mol. The second-order valence-electron chi connectivity index (χ2n) is 7.24. The monoisotopic (exact) mass is 454 g/mol. The first-order valence-corrected chi connectivity index (χ1v) is 12.7. The van der Waals surface area contributed by atoms with Gasteiger partial charge < -0.3 is 5.32 Å². The molecule has 1 heterocycles. The number of sulfone groups is 1. The molecule has 2 aromatic carbocycles. The predicted molar refractivity (Wildman–Crippen MR) is 127 cm³/mol. The predicted octanol–water partition coefficient (Wildman–Crippen LogP) is 5.28. The molecule has 0 aliphatic heterocycles. The summed E-state index contributed by atoms with van der Waals surface area (Å²) in [6.07, 6.45) is 2.09. The van der Waals surface area contributed by atoms with Gasteiger partial charge in [0.05, 0.1) is 10.6 Å². The summed E-state index contributed by atoms with van der Waals surface area (Å²) in [5, 5.41) is 3.74. The fourth-order valence-corrected chi connectivity index (χ4v) is 6.02. The number of hydrogen-bond donors (Lipinski definition) is 1. The number of rotatable bonds is 8. The number of nitrogens with one attached hydrogen (secondary N) is 1. The van der Waals surface area contributed by atoms with Crippen molar-refractivity contribution in [2.45, 2.75) is 37.1 Å².